The van der Waals surface area contributed by atoms with Crippen molar-refractivity contribution in [3.63, 3.8) is 0 Å². The third-order valence-electron chi connectivity index (χ3n) is 2.23. The van der Waals surface area contributed by atoms with Crippen LogP contribution in [0.15, 0.2) is 12.1 Å². The van der Waals surface area contributed by atoms with Crippen LogP contribution in [-0.2, 0) is 15.7 Å². The van der Waals surface area contributed by atoms with Gasteiger partial charge >= 0.3 is 6.18 Å². The molecule has 116 valence electrons. The summed E-state index contributed by atoms with van der Waals surface area (Å²) in [6, 6.07) is 1.60. The third kappa shape index (κ3) is 5.26. The summed E-state index contributed by atoms with van der Waals surface area (Å²) in [5, 5.41) is 2.49. The minimum absolute atomic E-state index is 0.0148. The first-order valence-corrected chi connectivity index (χ1v) is 5.69. The molecule has 7 nitrogen and oxygen atoms in total. The Morgan fingerprint density at radius 2 is 1.95 bits per heavy atom. The van der Waals surface area contributed by atoms with E-state index in [0.29, 0.717) is 6.07 Å². The average molecular weight is 306 g/mol. The molecule has 2 amide bonds. The van der Waals surface area contributed by atoms with Crippen LogP contribution in [0.1, 0.15) is 16.1 Å². The number of nitrogens with two attached hydrogens (primary N) is 2. The van der Waals surface area contributed by atoms with Crippen LogP contribution in [0.5, 0.6) is 0 Å². The molecule has 21 heavy (non-hydrogen) atoms. The number of carbonyl (C=O) groups excluding carboxylic acids is 2. The topological polar surface area (TPSA) is 120 Å². The molecule has 1 aromatic heterocycles. The zero-order chi connectivity index (χ0) is 16.0. The highest BCUT2D eigenvalue weighted by molar-refractivity contribution is 5.97. The minimum atomic E-state index is -4.64. The van der Waals surface area contributed by atoms with E-state index in [1.54, 1.807) is 0 Å². The molecular formula is C11H13F3N4O3. The SMILES string of the molecule is NC(=O)COCCNc1nc(C(F)(F)F)ccc1C(N)=O. The molecule has 1 rings (SSSR count). The Bertz CT molecular complexity index is 534. The van der Waals surface area contributed by atoms with Crippen LogP contribution in [0.2, 0.25) is 0 Å². The number of primary amides is 2. The fraction of sp³-hybridized carbons (Fsp3) is 0.364. The molecule has 0 fully saturated rings. The van der Waals surface area contributed by atoms with Crippen LogP contribution < -0.4 is 16.8 Å². The van der Waals surface area contributed by atoms with Gasteiger partial charge in [0.15, 0.2) is 0 Å². The predicted molar refractivity (Wildman–Crippen MR) is 66.3 cm³/mol. The van der Waals surface area contributed by atoms with Crippen molar-refractivity contribution < 1.29 is 27.5 Å². The fourth-order valence-corrected chi connectivity index (χ4v) is 1.36. The molecule has 0 saturated heterocycles. The van der Waals surface area contributed by atoms with Crippen molar-refractivity contribution in [1.82, 2.24) is 4.98 Å². The molecule has 0 spiro atoms. The van der Waals surface area contributed by atoms with E-state index in [4.69, 9.17) is 16.2 Å². The number of rotatable bonds is 7. The summed E-state index contributed by atoms with van der Waals surface area (Å²) in [5.41, 5.74) is 8.54. The number of nitrogens with zero attached hydrogens (tertiary/aromatic N) is 1. The number of anilines is 1. The Balaban J connectivity index is 2.77. The summed E-state index contributed by atoms with van der Waals surface area (Å²) in [4.78, 5) is 24.9. The predicted octanol–water partition coefficient (Wildman–Crippen LogP) is 0.113. The van der Waals surface area contributed by atoms with Gasteiger partial charge in [-0.3, -0.25) is 9.59 Å². The van der Waals surface area contributed by atoms with Gasteiger partial charge in [0.2, 0.25) is 5.91 Å². The third-order valence-corrected chi connectivity index (χ3v) is 2.23. The van der Waals surface area contributed by atoms with Crippen molar-refractivity contribution in [2.75, 3.05) is 25.1 Å². The smallest absolute Gasteiger partial charge is 0.370 e. The molecular weight excluding hydrogens is 293 g/mol. The van der Waals surface area contributed by atoms with Gasteiger partial charge in [0.1, 0.15) is 18.1 Å². The lowest BCUT2D eigenvalue weighted by Gasteiger charge is -2.12. The van der Waals surface area contributed by atoms with Gasteiger partial charge < -0.3 is 21.5 Å². The molecule has 1 aromatic rings. The lowest BCUT2D eigenvalue weighted by Crippen LogP contribution is -2.22. The molecule has 0 radical (unpaired) electrons. The van der Waals surface area contributed by atoms with E-state index in [-0.39, 0.29) is 31.1 Å². The molecule has 0 aliphatic carbocycles. The van der Waals surface area contributed by atoms with E-state index in [2.05, 4.69) is 10.3 Å². The lowest BCUT2D eigenvalue weighted by atomic mass is 10.2. The van der Waals surface area contributed by atoms with Crippen molar-refractivity contribution in [2.45, 2.75) is 6.18 Å². The van der Waals surface area contributed by atoms with Gasteiger partial charge in [-0.15, -0.1) is 0 Å². The molecule has 0 aliphatic heterocycles. The Morgan fingerprint density at radius 1 is 1.29 bits per heavy atom. The van der Waals surface area contributed by atoms with Crippen molar-refractivity contribution in [3.8, 4) is 0 Å². The highest BCUT2D eigenvalue weighted by atomic mass is 19.4. The first-order valence-electron chi connectivity index (χ1n) is 5.69. The summed E-state index contributed by atoms with van der Waals surface area (Å²) in [7, 11) is 0. The Morgan fingerprint density at radius 3 is 2.48 bits per heavy atom. The van der Waals surface area contributed by atoms with Crippen molar-refractivity contribution in [3.05, 3.63) is 23.4 Å². The Kier molecular flexibility index (Phi) is 5.47. The normalized spacial score (nSPS) is 11.2. The van der Waals surface area contributed by atoms with Gasteiger partial charge in [-0.1, -0.05) is 0 Å². The van der Waals surface area contributed by atoms with Crippen LogP contribution in [0.4, 0.5) is 19.0 Å². The number of aromatic nitrogens is 1. The van der Waals surface area contributed by atoms with Crippen molar-refractivity contribution >= 4 is 17.6 Å². The van der Waals surface area contributed by atoms with E-state index in [0.717, 1.165) is 6.07 Å². The Hall–Kier alpha value is -2.36. The van der Waals surface area contributed by atoms with Crippen LogP contribution in [0.3, 0.4) is 0 Å². The number of ether oxygens (including phenoxy) is 1. The molecule has 1 heterocycles. The molecule has 0 saturated carbocycles. The molecule has 0 bridgehead atoms. The molecule has 0 atom stereocenters. The van der Waals surface area contributed by atoms with Gasteiger partial charge in [-0.05, 0) is 12.1 Å². The number of carbonyl (C=O) groups is 2. The number of alkyl halides is 3. The van der Waals surface area contributed by atoms with Gasteiger partial charge in [0.25, 0.3) is 5.91 Å². The maximum Gasteiger partial charge on any atom is 0.433 e. The standard InChI is InChI=1S/C11H13F3N4O3/c12-11(13,14)7-2-1-6(9(16)20)10(18-7)17-3-4-21-5-8(15)19/h1-2H,3-5H2,(H2,15,19)(H2,16,20)(H,17,18). The quantitative estimate of drug-likeness (QED) is 0.618. The minimum Gasteiger partial charge on any atom is -0.370 e. The maximum absolute atomic E-state index is 12.5. The number of pyridine rings is 1. The van der Waals surface area contributed by atoms with Gasteiger partial charge in [0.05, 0.1) is 12.2 Å². The second-order valence-corrected chi connectivity index (χ2v) is 3.90. The van der Waals surface area contributed by atoms with E-state index in [9.17, 15) is 22.8 Å². The summed E-state index contributed by atoms with van der Waals surface area (Å²) < 4.78 is 42.5. The fourth-order valence-electron chi connectivity index (χ4n) is 1.36. The van der Waals surface area contributed by atoms with E-state index in [1.165, 1.54) is 0 Å². The van der Waals surface area contributed by atoms with Gasteiger partial charge in [-0.25, -0.2) is 4.98 Å². The number of hydrogen-bond acceptors (Lipinski definition) is 5. The second kappa shape index (κ2) is 6.88. The van der Waals surface area contributed by atoms with Crippen LogP contribution in [0.25, 0.3) is 0 Å². The first kappa shape index (κ1) is 16.7. The Labute approximate surface area is 117 Å². The molecule has 0 unspecified atom stereocenters. The number of amides is 2. The second-order valence-electron chi connectivity index (χ2n) is 3.90. The first-order chi connectivity index (χ1) is 9.71. The van der Waals surface area contributed by atoms with Crippen molar-refractivity contribution in [1.29, 1.82) is 0 Å². The molecule has 0 aromatic carbocycles. The number of halogens is 3. The summed E-state index contributed by atoms with van der Waals surface area (Å²) in [5.74, 6) is -1.90. The molecule has 5 N–H and O–H groups in total. The maximum atomic E-state index is 12.5. The van der Waals surface area contributed by atoms with E-state index >= 15 is 0 Å². The molecule has 0 aliphatic rings. The average Bonchev–Trinajstić information content (AvgIpc) is 2.36. The molecule has 10 heteroatoms. The van der Waals surface area contributed by atoms with Crippen LogP contribution in [-0.4, -0.2) is 36.6 Å². The zero-order valence-corrected chi connectivity index (χ0v) is 10.7. The highest BCUT2D eigenvalue weighted by Crippen LogP contribution is 2.29. The lowest BCUT2D eigenvalue weighted by molar-refractivity contribution is -0.141. The van der Waals surface area contributed by atoms with E-state index in [1.807, 2.05) is 0 Å². The highest BCUT2D eigenvalue weighted by Gasteiger charge is 2.33. The monoisotopic (exact) mass is 306 g/mol. The number of hydrogen-bond donors (Lipinski definition) is 3. The van der Waals surface area contributed by atoms with E-state index < -0.39 is 23.7 Å². The summed E-state index contributed by atoms with van der Waals surface area (Å²) >= 11 is 0. The summed E-state index contributed by atoms with van der Waals surface area (Å²) in [6.07, 6.45) is -4.64. The number of nitrogens with one attached hydrogen (secondary N) is 1. The zero-order valence-electron chi connectivity index (χ0n) is 10.7. The van der Waals surface area contributed by atoms with Crippen LogP contribution in [0, 0.1) is 0 Å². The van der Waals surface area contributed by atoms with Crippen molar-refractivity contribution in [2.24, 2.45) is 11.5 Å². The van der Waals surface area contributed by atoms with Gasteiger partial charge in [-0.2, -0.15) is 13.2 Å². The van der Waals surface area contributed by atoms with Crippen LogP contribution >= 0.6 is 0 Å². The summed E-state index contributed by atoms with van der Waals surface area (Å²) in [6.45, 7) is -0.318. The van der Waals surface area contributed by atoms with Gasteiger partial charge in [0, 0.05) is 6.54 Å². The largest absolute Gasteiger partial charge is 0.433 e.